The Balaban J connectivity index is 2.42. The van der Waals surface area contributed by atoms with Crippen LogP contribution in [0.5, 0.6) is 0 Å². The van der Waals surface area contributed by atoms with E-state index >= 15 is 0 Å². The summed E-state index contributed by atoms with van der Waals surface area (Å²) in [7, 11) is 0. The maximum Gasteiger partial charge on any atom is 0.246 e. The molecular formula is C7H11NO3. The molecule has 0 N–H and O–H groups in total. The first kappa shape index (κ1) is 8.20. The van der Waals surface area contributed by atoms with E-state index in [0.29, 0.717) is 13.0 Å². The summed E-state index contributed by atoms with van der Waals surface area (Å²) in [4.78, 5) is 26.5. The third-order valence-corrected chi connectivity index (χ3v) is 1.43. The predicted octanol–water partition coefficient (Wildman–Crippen LogP) is 0.129. The molecule has 1 aliphatic rings. The maximum absolute atomic E-state index is 11.0. The van der Waals surface area contributed by atoms with E-state index in [2.05, 4.69) is 0 Å². The van der Waals surface area contributed by atoms with Gasteiger partial charge < -0.3 is 0 Å². The molecule has 0 aromatic heterocycles. The third kappa shape index (κ3) is 2.31. The Bertz CT molecular complexity index is 179. The van der Waals surface area contributed by atoms with Crippen LogP contribution in [-0.2, 0) is 14.4 Å². The number of hydroxylamine groups is 2. The quantitative estimate of drug-likeness (QED) is 0.572. The lowest BCUT2D eigenvalue weighted by molar-refractivity contribution is -0.198. The van der Waals surface area contributed by atoms with Crippen LogP contribution in [0.15, 0.2) is 0 Å². The fourth-order valence-electron chi connectivity index (χ4n) is 0.931. The fourth-order valence-corrected chi connectivity index (χ4v) is 0.931. The number of hydrogen-bond acceptors (Lipinski definition) is 3. The summed E-state index contributed by atoms with van der Waals surface area (Å²) in [5, 5.41) is 1.14. The Morgan fingerprint density at radius 2 is 2.45 bits per heavy atom. The molecule has 0 aliphatic carbocycles. The van der Waals surface area contributed by atoms with Gasteiger partial charge in [0.2, 0.25) is 5.91 Å². The summed E-state index contributed by atoms with van der Waals surface area (Å²) in [6.07, 6.45) is 1.25. The standard InChI is InChI=1S/C7H11NO3/c1-6(9)5-8-7(10)3-2-4-11-8/h2-5H2,1H3. The van der Waals surface area contributed by atoms with Crippen LogP contribution >= 0.6 is 0 Å². The van der Waals surface area contributed by atoms with Gasteiger partial charge in [0.15, 0.2) is 5.78 Å². The van der Waals surface area contributed by atoms with Gasteiger partial charge in [-0.1, -0.05) is 0 Å². The predicted molar refractivity (Wildman–Crippen MR) is 37.6 cm³/mol. The Morgan fingerprint density at radius 3 is 3.00 bits per heavy atom. The molecule has 62 valence electrons. The minimum Gasteiger partial charge on any atom is -0.298 e. The van der Waals surface area contributed by atoms with Crippen LogP contribution in [0.4, 0.5) is 0 Å². The minimum absolute atomic E-state index is 0.0553. The first-order chi connectivity index (χ1) is 5.20. The molecule has 11 heavy (non-hydrogen) atoms. The number of hydrogen-bond donors (Lipinski definition) is 0. The molecule has 0 radical (unpaired) electrons. The molecular weight excluding hydrogens is 146 g/mol. The lowest BCUT2D eigenvalue weighted by atomic mass is 10.3. The molecule has 0 spiro atoms. The van der Waals surface area contributed by atoms with Crippen molar-refractivity contribution < 1.29 is 14.4 Å². The van der Waals surface area contributed by atoms with Gasteiger partial charge in [0, 0.05) is 6.42 Å². The molecule has 1 rings (SSSR count). The highest BCUT2D eigenvalue weighted by Crippen LogP contribution is 2.06. The largest absolute Gasteiger partial charge is 0.298 e. The molecule has 1 heterocycles. The zero-order chi connectivity index (χ0) is 8.27. The van der Waals surface area contributed by atoms with E-state index in [4.69, 9.17) is 4.84 Å². The molecule has 1 saturated heterocycles. The number of Topliss-reactive ketones (excluding diaryl/α,β-unsaturated/α-hetero) is 1. The topological polar surface area (TPSA) is 46.6 Å². The molecule has 1 amide bonds. The summed E-state index contributed by atoms with van der Waals surface area (Å²) in [6.45, 7) is 2.06. The highest BCUT2D eigenvalue weighted by molar-refractivity contribution is 5.84. The Kier molecular flexibility index (Phi) is 2.59. The van der Waals surface area contributed by atoms with Gasteiger partial charge >= 0.3 is 0 Å². The molecule has 0 bridgehead atoms. The summed E-state index contributed by atoms with van der Waals surface area (Å²) in [6, 6.07) is 0. The van der Waals surface area contributed by atoms with Crippen molar-refractivity contribution in [3.63, 3.8) is 0 Å². The summed E-state index contributed by atoms with van der Waals surface area (Å²) in [5.74, 6) is -0.147. The van der Waals surface area contributed by atoms with Gasteiger partial charge in [-0.25, -0.2) is 5.06 Å². The average Bonchev–Trinajstić information content (AvgIpc) is 1.93. The first-order valence-corrected chi connectivity index (χ1v) is 3.63. The second kappa shape index (κ2) is 3.48. The SMILES string of the molecule is CC(=O)CN1OCCCC1=O. The van der Waals surface area contributed by atoms with Crippen LogP contribution in [0.25, 0.3) is 0 Å². The number of ketones is 1. The Morgan fingerprint density at radius 1 is 1.73 bits per heavy atom. The Labute approximate surface area is 65.1 Å². The molecule has 4 nitrogen and oxygen atoms in total. The van der Waals surface area contributed by atoms with Crippen LogP contribution in [0, 0.1) is 0 Å². The maximum atomic E-state index is 11.0. The minimum atomic E-state index is -0.0912. The second-order valence-corrected chi connectivity index (χ2v) is 2.57. The number of amides is 1. The molecule has 4 heteroatoms. The van der Waals surface area contributed by atoms with E-state index in [9.17, 15) is 9.59 Å². The molecule has 0 unspecified atom stereocenters. The van der Waals surface area contributed by atoms with Crippen LogP contribution in [0.2, 0.25) is 0 Å². The van der Waals surface area contributed by atoms with Crippen molar-refractivity contribution in [3.05, 3.63) is 0 Å². The van der Waals surface area contributed by atoms with Gasteiger partial charge in [-0.2, -0.15) is 0 Å². The van der Waals surface area contributed by atoms with E-state index in [1.54, 1.807) is 0 Å². The molecule has 0 atom stereocenters. The van der Waals surface area contributed by atoms with Gasteiger partial charge in [-0.15, -0.1) is 0 Å². The van der Waals surface area contributed by atoms with Crippen LogP contribution in [0.1, 0.15) is 19.8 Å². The summed E-state index contributed by atoms with van der Waals surface area (Å²) < 4.78 is 0. The van der Waals surface area contributed by atoms with E-state index in [1.807, 2.05) is 0 Å². The summed E-state index contributed by atoms with van der Waals surface area (Å²) in [5.41, 5.74) is 0. The smallest absolute Gasteiger partial charge is 0.246 e. The lowest BCUT2D eigenvalue weighted by Gasteiger charge is -2.24. The van der Waals surface area contributed by atoms with Gasteiger partial charge in [0.05, 0.1) is 6.61 Å². The summed E-state index contributed by atoms with van der Waals surface area (Å²) >= 11 is 0. The van der Waals surface area contributed by atoms with Gasteiger partial charge in [0.1, 0.15) is 6.54 Å². The first-order valence-electron chi connectivity index (χ1n) is 3.63. The molecule has 1 fully saturated rings. The van der Waals surface area contributed by atoms with Gasteiger partial charge in [-0.3, -0.25) is 14.4 Å². The van der Waals surface area contributed by atoms with E-state index in [-0.39, 0.29) is 18.2 Å². The van der Waals surface area contributed by atoms with Crippen molar-refractivity contribution in [1.82, 2.24) is 5.06 Å². The van der Waals surface area contributed by atoms with E-state index in [0.717, 1.165) is 11.5 Å². The average molecular weight is 157 g/mol. The lowest BCUT2D eigenvalue weighted by Crippen LogP contribution is -2.38. The van der Waals surface area contributed by atoms with E-state index < -0.39 is 0 Å². The second-order valence-electron chi connectivity index (χ2n) is 2.57. The van der Waals surface area contributed by atoms with Crippen LogP contribution in [-0.4, -0.2) is 29.9 Å². The number of rotatable bonds is 2. The highest BCUT2D eigenvalue weighted by Gasteiger charge is 2.19. The number of carbonyl (C=O) groups is 2. The number of nitrogens with zero attached hydrogens (tertiary/aromatic N) is 1. The zero-order valence-corrected chi connectivity index (χ0v) is 6.50. The van der Waals surface area contributed by atoms with Crippen molar-refractivity contribution in [3.8, 4) is 0 Å². The molecule has 1 aliphatic heterocycles. The van der Waals surface area contributed by atoms with Crippen molar-refractivity contribution >= 4 is 11.7 Å². The fraction of sp³-hybridized carbons (Fsp3) is 0.714. The molecule has 0 aromatic rings. The Hall–Kier alpha value is -0.900. The molecule has 0 saturated carbocycles. The van der Waals surface area contributed by atoms with Gasteiger partial charge in [0.25, 0.3) is 0 Å². The number of carbonyl (C=O) groups excluding carboxylic acids is 2. The van der Waals surface area contributed by atoms with Crippen molar-refractivity contribution in [2.75, 3.05) is 13.2 Å². The third-order valence-electron chi connectivity index (χ3n) is 1.43. The monoisotopic (exact) mass is 157 g/mol. The molecule has 0 aromatic carbocycles. The van der Waals surface area contributed by atoms with Crippen LogP contribution in [0.3, 0.4) is 0 Å². The highest BCUT2D eigenvalue weighted by atomic mass is 16.7. The normalized spacial score (nSPS) is 18.6. The van der Waals surface area contributed by atoms with E-state index in [1.165, 1.54) is 6.92 Å². The van der Waals surface area contributed by atoms with Crippen molar-refractivity contribution in [2.45, 2.75) is 19.8 Å². The van der Waals surface area contributed by atoms with Crippen LogP contribution < -0.4 is 0 Å². The van der Waals surface area contributed by atoms with Gasteiger partial charge in [-0.05, 0) is 13.3 Å². The zero-order valence-electron chi connectivity index (χ0n) is 6.50. The van der Waals surface area contributed by atoms with Crippen molar-refractivity contribution in [2.24, 2.45) is 0 Å². The van der Waals surface area contributed by atoms with Crippen molar-refractivity contribution in [1.29, 1.82) is 0 Å².